The second-order valence-electron chi connectivity index (χ2n) is 8.32. The molecular weight excluding hydrogens is 405 g/mol. The molecule has 2 fully saturated rings. The van der Waals surface area contributed by atoms with Gasteiger partial charge in [0.1, 0.15) is 5.82 Å². The maximum Gasteiger partial charge on any atom is 0.161 e. The van der Waals surface area contributed by atoms with E-state index in [4.69, 9.17) is 9.47 Å². The van der Waals surface area contributed by atoms with Gasteiger partial charge in [0.05, 0.1) is 18.8 Å². The van der Waals surface area contributed by atoms with Crippen LogP contribution in [0.5, 0.6) is 11.5 Å². The SMILES string of the molecule is COc1cc(CN2CCC(O)(c3ccc(F)cc3)CC2)ccc1OC1CCCC1.Cl. The molecule has 6 heteroatoms. The summed E-state index contributed by atoms with van der Waals surface area (Å²) in [6.45, 7) is 2.38. The normalized spacial score (nSPS) is 19.3. The zero-order chi connectivity index (χ0) is 20.3. The number of halogens is 2. The summed E-state index contributed by atoms with van der Waals surface area (Å²) in [6, 6.07) is 12.4. The van der Waals surface area contributed by atoms with E-state index in [1.165, 1.54) is 30.5 Å². The van der Waals surface area contributed by atoms with Crippen LogP contribution in [0.3, 0.4) is 0 Å². The highest BCUT2D eigenvalue weighted by Gasteiger charge is 2.34. The van der Waals surface area contributed by atoms with Gasteiger partial charge in [0.15, 0.2) is 11.5 Å². The van der Waals surface area contributed by atoms with E-state index >= 15 is 0 Å². The molecule has 0 aromatic heterocycles. The van der Waals surface area contributed by atoms with Crippen LogP contribution in [0.15, 0.2) is 42.5 Å². The number of methoxy groups -OCH3 is 1. The van der Waals surface area contributed by atoms with E-state index in [0.717, 1.165) is 49.5 Å². The zero-order valence-corrected chi connectivity index (χ0v) is 18.3. The van der Waals surface area contributed by atoms with Crippen molar-refractivity contribution >= 4 is 12.4 Å². The van der Waals surface area contributed by atoms with Crippen LogP contribution in [-0.2, 0) is 12.1 Å². The monoisotopic (exact) mass is 435 g/mol. The van der Waals surface area contributed by atoms with E-state index in [0.29, 0.717) is 18.9 Å². The Balaban J connectivity index is 0.00000256. The number of aliphatic hydroxyl groups is 1. The molecular formula is C24H31ClFNO3. The first kappa shape index (κ1) is 22.9. The number of hydrogen-bond acceptors (Lipinski definition) is 4. The first-order valence-corrected chi connectivity index (χ1v) is 10.6. The largest absolute Gasteiger partial charge is 0.493 e. The molecule has 0 atom stereocenters. The second kappa shape index (κ2) is 9.99. The Morgan fingerprint density at radius 1 is 1.03 bits per heavy atom. The van der Waals surface area contributed by atoms with Crippen molar-refractivity contribution in [2.24, 2.45) is 0 Å². The number of likely N-dealkylation sites (tertiary alicyclic amines) is 1. The summed E-state index contributed by atoms with van der Waals surface area (Å²) in [5.74, 6) is 1.34. The first-order chi connectivity index (χ1) is 14.1. The Bertz CT molecular complexity index is 816. The minimum Gasteiger partial charge on any atom is -0.493 e. The standard InChI is InChI=1S/C24H30FNO3.ClH/c1-28-23-16-18(6-11-22(23)29-21-4-2-3-5-21)17-26-14-12-24(27,13-15-26)19-7-9-20(25)10-8-19;/h6-11,16,21,27H,2-5,12-15,17H2,1H3;1H. The highest BCUT2D eigenvalue weighted by atomic mass is 35.5. The molecule has 1 saturated carbocycles. The van der Waals surface area contributed by atoms with Gasteiger partial charge in [0.25, 0.3) is 0 Å². The lowest BCUT2D eigenvalue weighted by Crippen LogP contribution is -2.42. The number of ether oxygens (including phenoxy) is 2. The molecule has 1 N–H and O–H groups in total. The molecule has 2 aromatic rings. The highest BCUT2D eigenvalue weighted by Crippen LogP contribution is 2.35. The van der Waals surface area contributed by atoms with Crippen molar-refractivity contribution in [3.63, 3.8) is 0 Å². The highest BCUT2D eigenvalue weighted by molar-refractivity contribution is 5.85. The van der Waals surface area contributed by atoms with Gasteiger partial charge in [-0.2, -0.15) is 0 Å². The fourth-order valence-electron chi connectivity index (χ4n) is 4.48. The van der Waals surface area contributed by atoms with E-state index in [9.17, 15) is 9.50 Å². The smallest absolute Gasteiger partial charge is 0.161 e. The lowest BCUT2D eigenvalue weighted by Gasteiger charge is -2.38. The first-order valence-electron chi connectivity index (χ1n) is 10.6. The third-order valence-corrected chi connectivity index (χ3v) is 6.29. The minimum atomic E-state index is -0.874. The fraction of sp³-hybridized carbons (Fsp3) is 0.500. The average molecular weight is 436 g/mol. The molecule has 1 saturated heterocycles. The third kappa shape index (κ3) is 5.26. The quantitative estimate of drug-likeness (QED) is 0.688. The lowest BCUT2D eigenvalue weighted by molar-refractivity contribution is -0.0277. The minimum absolute atomic E-state index is 0. The van der Waals surface area contributed by atoms with Crippen LogP contribution in [0.25, 0.3) is 0 Å². The molecule has 0 unspecified atom stereocenters. The molecule has 1 aliphatic heterocycles. The Kier molecular flexibility index (Phi) is 7.61. The van der Waals surface area contributed by atoms with E-state index < -0.39 is 5.60 Å². The van der Waals surface area contributed by atoms with Crippen molar-refractivity contribution in [1.29, 1.82) is 0 Å². The van der Waals surface area contributed by atoms with Gasteiger partial charge < -0.3 is 14.6 Å². The molecule has 2 aromatic carbocycles. The third-order valence-electron chi connectivity index (χ3n) is 6.29. The van der Waals surface area contributed by atoms with Gasteiger partial charge in [-0.3, -0.25) is 4.90 Å². The van der Waals surface area contributed by atoms with E-state index in [-0.39, 0.29) is 18.2 Å². The predicted octanol–water partition coefficient (Wildman–Crippen LogP) is 5.06. The van der Waals surface area contributed by atoms with E-state index in [2.05, 4.69) is 17.0 Å². The van der Waals surface area contributed by atoms with E-state index in [1.54, 1.807) is 19.2 Å². The van der Waals surface area contributed by atoms with Crippen LogP contribution < -0.4 is 9.47 Å². The van der Waals surface area contributed by atoms with Crippen molar-refractivity contribution in [2.45, 2.75) is 56.8 Å². The van der Waals surface area contributed by atoms with Crippen LogP contribution in [0.1, 0.15) is 49.7 Å². The van der Waals surface area contributed by atoms with Gasteiger partial charge >= 0.3 is 0 Å². The van der Waals surface area contributed by atoms with Gasteiger partial charge in [-0.1, -0.05) is 18.2 Å². The van der Waals surface area contributed by atoms with Gasteiger partial charge in [0.2, 0.25) is 0 Å². The number of rotatable bonds is 6. The van der Waals surface area contributed by atoms with Crippen molar-refractivity contribution in [3.8, 4) is 11.5 Å². The van der Waals surface area contributed by atoms with Crippen LogP contribution in [0.4, 0.5) is 4.39 Å². The van der Waals surface area contributed by atoms with Crippen molar-refractivity contribution < 1.29 is 19.0 Å². The molecule has 0 radical (unpaired) electrons. The molecule has 164 valence electrons. The molecule has 2 aliphatic rings. The summed E-state index contributed by atoms with van der Waals surface area (Å²) in [4.78, 5) is 2.34. The van der Waals surface area contributed by atoms with Crippen LogP contribution in [0, 0.1) is 5.82 Å². The number of hydrogen-bond donors (Lipinski definition) is 1. The molecule has 0 amide bonds. The van der Waals surface area contributed by atoms with Gasteiger partial charge in [-0.15, -0.1) is 12.4 Å². The Hall–Kier alpha value is -1.82. The lowest BCUT2D eigenvalue weighted by atomic mass is 9.84. The van der Waals surface area contributed by atoms with Gasteiger partial charge in [-0.25, -0.2) is 4.39 Å². The Morgan fingerprint density at radius 2 is 1.70 bits per heavy atom. The van der Waals surface area contributed by atoms with Crippen molar-refractivity contribution in [2.75, 3.05) is 20.2 Å². The zero-order valence-electron chi connectivity index (χ0n) is 17.5. The average Bonchev–Trinajstić information content (AvgIpc) is 3.24. The predicted molar refractivity (Wildman–Crippen MR) is 118 cm³/mol. The van der Waals surface area contributed by atoms with Crippen LogP contribution in [-0.4, -0.2) is 36.3 Å². The van der Waals surface area contributed by atoms with E-state index in [1.807, 2.05) is 6.07 Å². The number of nitrogens with zero attached hydrogens (tertiary/aromatic N) is 1. The molecule has 1 aliphatic carbocycles. The summed E-state index contributed by atoms with van der Waals surface area (Å²) in [5.41, 5.74) is 1.10. The number of benzene rings is 2. The molecule has 1 heterocycles. The maximum atomic E-state index is 13.2. The van der Waals surface area contributed by atoms with Crippen LogP contribution >= 0.6 is 12.4 Å². The summed E-state index contributed by atoms with van der Waals surface area (Å²) in [7, 11) is 1.68. The molecule has 4 nitrogen and oxygen atoms in total. The van der Waals surface area contributed by atoms with Crippen molar-refractivity contribution in [1.82, 2.24) is 4.90 Å². The summed E-state index contributed by atoms with van der Waals surface area (Å²) in [6.07, 6.45) is 6.30. The maximum absolute atomic E-state index is 13.2. The van der Waals surface area contributed by atoms with Crippen molar-refractivity contribution in [3.05, 3.63) is 59.4 Å². The topological polar surface area (TPSA) is 41.9 Å². The number of piperidine rings is 1. The molecule has 4 rings (SSSR count). The second-order valence-corrected chi connectivity index (χ2v) is 8.32. The van der Waals surface area contributed by atoms with Crippen LogP contribution in [0.2, 0.25) is 0 Å². The fourth-order valence-corrected chi connectivity index (χ4v) is 4.48. The molecule has 0 bridgehead atoms. The Labute approximate surface area is 184 Å². The summed E-state index contributed by atoms with van der Waals surface area (Å²) < 4.78 is 24.9. The summed E-state index contributed by atoms with van der Waals surface area (Å²) in [5, 5.41) is 11.0. The Morgan fingerprint density at radius 3 is 2.33 bits per heavy atom. The van der Waals surface area contributed by atoms with Gasteiger partial charge in [-0.05, 0) is 73.9 Å². The summed E-state index contributed by atoms with van der Waals surface area (Å²) >= 11 is 0. The molecule has 30 heavy (non-hydrogen) atoms. The molecule has 0 spiro atoms. The van der Waals surface area contributed by atoms with Gasteiger partial charge in [0, 0.05) is 19.6 Å².